The summed E-state index contributed by atoms with van der Waals surface area (Å²) in [7, 11) is 0. The first-order valence-corrected chi connectivity index (χ1v) is 9.86. The van der Waals surface area contributed by atoms with Crippen LogP contribution in [0.5, 0.6) is 0 Å². The maximum absolute atomic E-state index is 11.9. The van der Waals surface area contributed by atoms with E-state index in [1.165, 1.54) is 5.56 Å². The van der Waals surface area contributed by atoms with Gasteiger partial charge in [0.15, 0.2) is 0 Å². The van der Waals surface area contributed by atoms with E-state index in [9.17, 15) is 9.90 Å². The van der Waals surface area contributed by atoms with Crippen LogP contribution in [-0.2, 0) is 4.79 Å². The van der Waals surface area contributed by atoms with Gasteiger partial charge in [0.25, 0.3) is 0 Å². The number of halogens is 1. The molecule has 2 aliphatic heterocycles. The lowest BCUT2D eigenvalue weighted by atomic mass is 9.67. The molecule has 2 fully saturated rings. The molecular formula is C21H30ClNO2. The van der Waals surface area contributed by atoms with Crippen LogP contribution in [0.2, 0.25) is 5.02 Å². The van der Waals surface area contributed by atoms with Gasteiger partial charge in [-0.25, -0.2) is 0 Å². The van der Waals surface area contributed by atoms with E-state index in [-0.39, 0.29) is 17.3 Å². The summed E-state index contributed by atoms with van der Waals surface area (Å²) in [5, 5.41) is 10.6. The summed E-state index contributed by atoms with van der Waals surface area (Å²) in [5.74, 6) is -0.0957. The minimum absolute atomic E-state index is 0.187. The Labute approximate surface area is 156 Å². The predicted octanol–water partition coefficient (Wildman–Crippen LogP) is 5.04. The normalized spacial score (nSPS) is 29.0. The molecule has 3 nitrogen and oxygen atoms in total. The van der Waals surface area contributed by atoms with Crippen molar-refractivity contribution in [2.24, 2.45) is 17.3 Å². The van der Waals surface area contributed by atoms with Crippen LogP contribution in [0.1, 0.15) is 57.9 Å². The molecule has 4 heteroatoms. The van der Waals surface area contributed by atoms with Crippen LogP contribution in [0.25, 0.3) is 0 Å². The molecule has 0 amide bonds. The molecule has 0 aromatic heterocycles. The van der Waals surface area contributed by atoms with E-state index in [1.54, 1.807) is 0 Å². The summed E-state index contributed by atoms with van der Waals surface area (Å²) >= 11 is 6.40. The minimum atomic E-state index is -0.629. The summed E-state index contributed by atoms with van der Waals surface area (Å²) in [4.78, 5) is 14.4. The van der Waals surface area contributed by atoms with Crippen LogP contribution in [0.3, 0.4) is 0 Å². The Morgan fingerprint density at radius 1 is 1.24 bits per heavy atom. The number of piperidine rings is 2. The van der Waals surface area contributed by atoms with Crippen LogP contribution >= 0.6 is 11.6 Å². The molecule has 2 heterocycles. The largest absolute Gasteiger partial charge is 0.481 e. The lowest BCUT2D eigenvalue weighted by Crippen LogP contribution is -2.50. The fourth-order valence-corrected chi connectivity index (χ4v) is 5.37. The van der Waals surface area contributed by atoms with E-state index in [4.69, 9.17) is 11.6 Å². The molecule has 0 aliphatic carbocycles. The summed E-state index contributed by atoms with van der Waals surface area (Å²) in [6.45, 7) is 8.25. The Kier molecular flexibility index (Phi) is 5.45. The van der Waals surface area contributed by atoms with Crippen molar-refractivity contribution in [2.75, 3.05) is 13.1 Å². The molecule has 2 aliphatic rings. The molecule has 0 bridgehead atoms. The van der Waals surface area contributed by atoms with E-state index < -0.39 is 5.97 Å². The van der Waals surface area contributed by atoms with Crippen molar-refractivity contribution in [1.29, 1.82) is 0 Å². The second kappa shape index (κ2) is 7.28. The zero-order valence-corrected chi connectivity index (χ0v) is 16.3. The highest BCUT2D eigenvalue weighted by atomic mass is 35.5. The van der Waals surface area contributed by atoms with Crippen molar-refractivity contribution < 1.29 is 9.90 Å². The molecular weight excluding hydrogens is 334 g/mol. The fourth-order valence-electron chi connectivity index (χ4n) is 5.08. The number of carbonyl (C=O) groups is 1. The monoisotopic (exact) mass is 363 g/mol. The molecule has 0 radical (unpaired) electrons. The van der Waals surface area contributed by atoms with Crippen LogP contribution in [0.15, 0.2) is 24.3 Å². The van der Waals surface area contributed by atoms with Gasteiger partial charge in [0.05, 0.1) is 5.92 Å². The van der Waals surface area contributed by atoms with Crippen molar-refractivity contribution in [1.82, 2.24) is 4.90 Å². The number of hydrogen-bond donors (Lipinski definition) is 1. The second-order valence-corrected chi connectivity index (χ2v) is 9.32. The molecule has 3 rings (SSSR count). The highest BCUT2D eigenvalue weighted by Crippen LogP contribution is 2.43. The van der Waals surface area contributed by atoms with Gasteiger partial charge in [-0.2, -0.15) is 0 Å². The molecule has 0 spiro atoms. The van der Waals surface area contributed by atoms with Gasteiger partial charge in [0, 0.05) is 17.6 Å². The Morgan fingerprint density at radius 2 is 1.96 bits per heavy atom. The summed E-state index contributed by atoms with van der Waals surface area (Å²) < 4.78 is 0. The number of aliphatic carboxylic acids is 1. The van der Waals surface area contributed by atoms with Crippen molar-refractivity contribution >= 4 is 17.6 Å². The minimum Gasteiger partial charge on any atom is -0.481 e. The topological polar surface area (TPSA) is 40.5 Å². The van der Waals surface area contributed by atoms with E-state index in [0.29, 0.717) is 12.0 Å². The highest BCUT2D eigenvalue weighted by molar-refractivity contribution is 6.31. The van der Waals surface area contributed by atoms with E-state index in [2.05, 4.69) is 37.8 Å². The lowest BCUT2D eigenvalue weighted by Gasteiger charge is -2.48. The van der Waals surface area contributed by atoms with E-state index in [0.717, 1.165) is 43.8 Å². The van der Waals surface area contributed by atoms with Gasteiger partial charge >= 0.3 is 5.97 Å². The number of benzene rings is 1. The summed E-state index contributed by atoms with van der Waals surface area (Å²) in [5.41, 5.74) is 1.08. The van der Waals surface area contributed by atoms with Crippen LogP contribution < -0.4 is 0 Å². The van der Waals surface area contributed by atoms with E-state index in [1.807, 2.05) is 12.1 Å². The fraction of sp³-hybridized carbons (Fsp3) is 0.667. The first-order chi connectivity index (χ1) is 11.8. The predicted molar refractivity (Wildman–Crippen MR) is 102 cm³/mol. The Morgan fingerprint density at radius 3 is 2.60 bits per heavy atom. The summed E-state index contributed by atoms with van der Waals surface area (Å²) in [6, 6.07) is 8.72. The van der Waals surface area contributed by atoms with Gasteiger partial charge in [0.1, 0.15) is 0 Å². The van der Waals surface area contributed by atoms with Crippen LogP contribution in [-0.4, -0.2) is 35.1 Å². The van der Waals surface area contributed by atoms with Gasteiger partial charge in [-0.3, -0.25) is 9.69 Å². The summed E-state index contributed by atoms with van der Waals surface area (Å²) in [6.07, 6.45) is 4.29. The number of rotatable bonds is 3. The van der Waals surface area contributed by atoms with Crippen molar-refractivity contribution in [3.63, 3.8) is 0 Å². The molecule has 1 N–H and O–H groups in total. The van der Waals surface area contributed by atoms with E-state index >= 15 is 0 Å². The molecule has 25 heavy (non-hydrogen) atoms. The van der Waals surface area contributed by atoms with Crippen molar-refractivity contribution in [2.45, 2.75) is 58.4 Å². The third-order valence-corrected chi connectivity index (χ3v) is 6.54. The lowest BCUT2D eigenvalue weighted by molar-refractivity contribution is -0.150. The smallest absolute Gasteiger partial charge is 0.307 e. The van der Waals surface area contributed by atoms with Gasteiger partial charge in [-0.1, -0.05) is 50.6 Å². The van der Waals surface area contributed by atoms with Crippen molar-refractivity contribution in [3.05, 3.63) is 34.9 Å². The maximum Gasteiger partial charge on any atom is 0.307 e. The number of hydrogen-bond acceptors (Lipinski definition) is 2. The number of nitrogens with zero attached hydrogens (tertiary/aromatic N) is 1. The van der Waals surface area contributed by atoms with Gasteiger partial charge < -0.3 is 5.11 Å². The quantitative estimate of drug-likeness (QED) is 0.817. The van der Waals surface area contributed by atoms with Gasteiger partial charge in [0.2, 0.25) is 0 Å². The van der Waals surface area contributed by atoms with Gasteiger partial charge in [-0.15, -0.1) is 0 Å². The molecule has 0 saturated carbocycles. The van der Waals surface area contributed by atoms with Gasteiger partial charge in [-0.05, 0) is 61.1 Å². The van der Waals surface area contributed by atoms with Crippen LogP contribution in [0.4, 0.5) is 0 Å². The SMILES string of the molecule is CC(C)(C)[C@H](C(=O)O)C1CCN2C[C@@H](c3ccccc3Cl)CC[C@@H]2C1. The van der Waals surface area contributed by atoms with Crippen molar-refractivity contribution in [3.8, 4) is 0 Å². The molecule has 1 unspecified atom stereocenters. The van der Waals surface area contributed by atoms with Crippen LogP contribution in [0, 0.1) is 17.3 Å². The molecule has 138 valence electrons. The highest BCUT2D eigenvalue weighted by Gasteiger charge is 2.43. The average molecular weight is 364 g/mol. The second-order valence-electron chi connectivity index (χ2n) is 8.91. The third-order valence-electron chi connectivity index (χ3n) is 6.20. The zero-order chi connectivity index (χ0) is 18.2. The Balaban J connectivity index is 1.68. The standard InChI is InChI=1S/C21H30ClNO2/c1-21(2,3)19(20(24)25)14-10-11-23-13-15(8-9-16(23)12-14)17-6-4-5-7-18(17)22/h4-7,14-16,19H,8-13H2,1-3H3,(H,24,25)/t14?,15-,16+,19-/m0/s1. The third kappa shape index (κ3) is 4.03. The maximum atomic E-state index is 11.9. The first-order valence-electron chi connectivity index (χ1n) is 9.48. The number of fused-ring (bicyclic) bond motifs is 1. The molecule has 2 saturated heterocycles. The molecule has 1 aromatic rings. The zero-order valence-electron chi connectivity index (χ0n) is 15.5. The Bertz CT molecular complexity index is 625. The average Bonchev–Trinajstić information content (AvgIpc) is 2.53. The molecule has 4 atom stereocenters. The number of carboxylic acid groups (broad SMARTS) is 1. The first kappa shape index (κ1) is 18.7. The number of carboxylic acids is 1. The Hall–Kier alpha value is -1.06. The molecule has 1 aromatic carbocycles.